The molecule has 0 radical (unpaired) electrons. The minimum atomic E-state index is 0.445. The summed E-state index contributed by atoms with van der Waals surface area (Å²) in [5.41, 5.74) is 8.64. The first-order valence-electron chi connectivity index (χ1n) is 5.76. The molecule has 19 heavy (non-hydrogen) atoms. The van der Waals surface area contributed by atoms with Crippen molar-refractivity contribution in [2.24, 2.45) is 0 Å². The second-order valence-corrected chi connectivity index (χ2v) is 5.54. The summed E-state index contributed by atoms with van der Waals surface area (Å²) in [6.07, 6.45) is 3.46. The lowest BCUT2D eigenvalue weighted by molar-refractivity contribution is 0.432. The predicted octanol–water partition coefficient (Wildman–Crippen LogP) is 3.06. The van der Waals surface area contributed by atoms with Gasteiger partial charge in [-0.25, -0.2) is 0 Å². The molecule has 5 nitrogen and oxygen atoms in total. The molecule has 0 bridgehead atoms. The highest BCUT2D eigenvalue weighted by Gasteiger charge is 2.16. The highest BCUT2D eigenvalue weighted by Crippen LogP contribution is 2.33. The van der Waals surface area contributed by atoms with Gasteiger partial charge in [0.05, 0.1) is 10.6 Å². The number of thiophene rings is 1. The standard InChI is InChI=1S/C13H12N4OS/c1-7-3-4-15-6-10(7)12-16-13(18-17-12)9-5-8(2)19-11(9)14/h3-6H,14H2,1-2H3. The lowest BCUT2D eigenvalue weighted by Gasteiger charge is -1.97. The number of rotatable bonds is 2. The third-order valence-electron chi connectivity index (χ3n) is 2.82. The van der Waals surface area contributed by atoms with E-state index in [9.17, 15) is 0 Å². The molecule has 3 heterocycles. The Morgan fingerprint density at radius 3 is 2.79 bits per heavy atom. The van der Waals surface area contributed by atoms with Crippen molar-refractivity contribution >= 4 is 16.3 Å². The van der Waals surface area contributed by atoms with Gasteiger partial charge in [-0.1, -0.05) is 5.16 Å². The number of pyridine rings is 1. The minimum Gasteiger partial charge on any atom is -0.390 e. The van der Waals surface area contributed by atoms with Crippen molar-refractivity contribution < 1.29 is 4.52 Å². The van der Waals surface area contributed by atoms with Gasteiger partial charge in [0.25, 0.3) is 5.89 Å². The molecule has 0 atom stereocenters. The first-order chi connectivity index (χ1) is 9.15. The summed E-state index contributed by atoms with van der Waals surface area (Å²) in [6.45, 7) is 3.98. The third kappa shape index (κ3) is 2.10. The average molecular weight is 272 g/mol. The van der Waals surface area contributed by atoms with Crippen LogP contribution in [-0.4, -0.2) is 15.1 Å². The second kappa shape index (κ2) is 4.47. The van der Waals surface area contributed by atoms with Gasteiger partial charge in [0.1, 0.15) is 0 Å². The molecule has 0 aliphatic carbocycles. The molecule has 0 fully saturated rings. The summed E-state index contributed by atoms with van der Waals surface area (Å²) in [6, 6.07) is 3.86. The van der Waals surface area contributed by atoms with Gasteiger partial charge in [0.2, 0.25) is 5.82 Å². The molecule has 0 saturated carbocycles. The molecule has 96 valence electrons. The van der Waals surface area contributed by atoms with Crippen LogP contribution >= 0.6 is 11.3 Å². The molecule has 6 heteroatoms. The van der Waals surface area contributed by atoms with Crippen molar-refractivity contribution in [2.45, 2.75) is 13.8 Å². The highest BCUT2D eigenvalue weighted by atomic mass is 32.1. The fourth-order valence-electron chi connectivity index (χ4n) is 1.84. The van der Waals surface area contributed by atoms with Crippen LogP contribution < -0.4 is 5.73 Å². The second-order valence-electron chi connectivity index (χ2n) is 4.25. The van der Waals surface area contributed by atoms with Crippen LogP contribution in [0.1, 0.15) is 10.4 Å². The first kappa shape index (κ1) is 11.9. The third-order valence-corrected chi connectivity index (χ3v) is 3.70. The van der Waals surface area contributed by atoms with E-state index in [0.29, 0.717) is 16.7 Å². The smallest absolute Gasteiger partial charge is 0.261 e. The normalized spacial score (nSPS) is 10.8. The van der Waals surface area contributed by atoms with Crippen LogP contribution in [-0.2, 0) is 0 Å². The lowest BCUT2D eigenvalue weighted by Crippen LogP contribution is -1.87. The van der Waals surface area contributed by atoms with E-state index >= 15 is 0 Å². The van der Waals surface area contributed by atoms with Crippen LogP contribution in [0.15, 0.2) is 29.0 Å². The maximum atomic E-state index is 5.93. The molecule has 0 aliphatic rings. The molecule has 0 spiro atoms. The monoisotopic (exact) mass is 272 g/mol. The molecule has 0 aliphatic heterocycles. The van der Waals surface area contributed by atoms with Crippen LogP contribution in [0, 0.1) is 13.8 Å². The van der Waals surface area contributed by atoms with Crippen LogP contribution in [0.2, 0.25) is 0 Å². The van der Waals surface area contributed by atoms with E-state index in [4.69, 9.17) is 10.3 Å². The van der Waals surface area contributed by atoms with E-state index in [1.807, 2.05) is 26.0 Å². The fraction of sp³-hybridized carbons (Fsp3) is 0.154. The summed E-state index contributed by atoms with van der Waals surface area (Å²) >= 11 is 1.51. The lowest BCUT2D eigenvalue weighted by atomic mass is 10.1. The number of nitrogen functional groups attached to an aromatic ring is 1. The van der Waals surface area contributed by atoms with Gasteiger partial charge in [-0.15, -0.1) is 11.3 Å². The zero-order valence-corrected chi connectivity index (χ0v) is 11.4. The number of aromatic nitrogens is 3. The average Bonchev–Trinajstić information content (AvgIpc) is 2.96. The number of hydrogen-bond donors (Lipinski definition) is 1. The quantitative estimate of drug-likeness (QED) is 0.775. The van der Waals surface area contributed by atoms with Crippen LogP contribution in [0.5, 0.6) is 0 Å². The number of hydrogen-bond acceptors (Lipinski definition) is 6. The van der Waals surface area contributed by atoms with Gasteiger partial charge >= 0.3 is 0 Å². The summed E-state index contributed by atoms with van der Waals surface area (Å²) in [5, 5.41) is 4.69. The zero-order chi connectivity index (χ0) is 13.4. The number of nitrogens with two attached hydrogens (primary N) is 1. The summed E-state index contributed by atoms with van der Waals surface area (Å²) < 4.78 is 5.29. The Balaban J connectivity index is 2.05. The van der Waals surface area contributed by atoms with E-state index in [0.717, 1.165) is 21.6 Å². The van der Waals surface area contributed by atoms with Crippen LogP contribution in [0.4, 0.5) is 5.00 Å². The fourth-order valence-corrected chi connectivity index (χ4v) is 2.62. The van der Waals surface area contributed by atoms with E-state index in [1.165, 1.54) is 11.3 Å². The Hall–Kier alpha value is -2.21. The van der Waals surface area contributed by atoms with E-state index < -0.39 is 0 Å². The van der Waals surface area contributed by atoms with Crippen molar-refractivity contribution in [3.63, 3.8) is 0 Å². The maximum Gasteiger partial charge on any atom is 0.261 e. The molecule has 0 saturated heterocycles. The largest absolute Gasteiger partial charge is 0.390 e. The molecule has 3 aromatic rings. The van der Waals surface area contributed by atoms with Crippen LogP contribution in [0.3, 0.4) is 0 Å². The summed E-state index contributed by atoms with van der Waals surface area (Å²) in [7, 11) is 0. The Morgan fingerprint density at radius 2 is 2.11 bits per heavy atom. The van der Waals surface area contributed by atoms with E-state index in [-0.39, 0.29) is 0 Å². The summed E-state index contributed by atoms with van der Waals surface area (Å²) in [4.78, 5) is 9.59. The minimum absolute atomic E-state index is 0.445. The molecule has 0 amide bonds. The highest BCUT2D eigenvalue weighted by molar-refractivity contribution is 7.16. The predicted molar refractivity (Wildman–Crippen MR) is 74.7 cm³/mol. The Kier molecular flexibility index (Phi) is 2.79. The van der Waals surface area contributed by atoms with Gasteiger partial charge in [0, 0.05) is 22.8 Å². The topological polar surface area (TPSA) is 77.8 Å². The Labute approximate surface area is 114 Å². The van der Waals surface area contributed by atoms with Crippen molar-refractivity contribution in [1.82, 2.24) is 15.1 Å². The van der Waals surface area contributed by atoms with E-state index in [2.05, 4.69) is 15.1 Å². The molecular formula is C13H12N4OS. The van der Waals surface area contributed by atoms with Crippen molar-refractivity contribution in [3.05, 3.63) is 35.0 Å². The Bertz CT molecular complexity index is 732. The molecule has 0 aromatic carbocycles. The van der Waals surface area contributed by atoms with Gasteiger partial charge < -0.3 is 10.3 Å². The molecule has 2 N–H and O–H groups in total. The number of aryl methyl sites for hydroxylation is 2. The molecular weight excluding hydrogens is 260 g/mol. The van der Waals surface area contributed by atoms with Gasteiger partial charge in [-0.2, -0.15) is 4.98 Å². The first-order valence-corrected chi connectivity index (χ1v) is 6.58. The summed E-state index contributed by atoms with van der Waals surface area (Å²) in [5.74, 6) is 0.976. The van der Waals surface area contributed by atoms with E-state index in [1.54, 1.807) is 12.4 Å². The van der Waals surface area contributed by atoms with Crippen molar-refractivity contribution in [3.8, 4) is 22.8 Å². The Morgan fingerprint density at radius 1 is 1.26 bits per heavy atom. The van der Waals surface area contributed by atoms with Gasteiger partial charge in [0.15, 0.2) is 0 Å². The van der Waals surface area contributed by atoms with Crippen molar-refractivity contribution in [1.29, 1.82) is 0 Å². The zero-order valence-electron chi connectivity index (χ0n) is 10.5. The molecule has 3 aromatic heterocycles. The number of anilines is 1. The number of nitrogens with zero attached hydrogens (tertiary/aromatic N) is 3. The molecule has 3 rings (SSSR count). The molecule has 0 unspecified atom stereocenters. The SMILES string of the molecule is Cc1cc(-c2nc(-c3cnccc3C)no2)c(N)s1. The van der Waals surface area contributed by atoms with Gasteiger partial charge in [-0.05, 0) is 31.5 Å². The van der Waals surface area contributed by atoms with Gasteiger partial charge in [-0.3, -0.25) is 4.98 Å². The van der Waals surface area contributed by atoms with Crippen LogP contribution in [0.25, 0.3) is 22.8 Å². The van der Waals surface area contributed by atoms with Crippen molar-refractivity contribution in [2.75, 3.05) is 5.73 Å². The maximum absolute atomic E-state index is 5.93.